The monoisotopic (exact) mass is 231 g/mol. The van der Waals surface area contributed by atoms with E-state index in [9.17, 15) is 13.2 Å². The van der Waals surface area contributed by atoms with Gasteiger partial charge in [0.05, 0.1) is 5.56 Å². The van der Waals surface area contributed by atoms with Gasteiger partial charge in [-0.15, -0.1) is 0 Å². The topological polar surface area (TPSA) is 42.1 Å². The van der Waals surface area contributed by atoms with Crippen LogP contribution in [0.25, 0.3) is 0 Å². The lowest BCUT2D eigenvalue weighted by atomic mass is 10.2. The molecule has 3 nitrogen and oxygen atoms in total. The average Bonchev–Trinajstić information content (AvgIpc) is 2.64. The number of nitrogens with two attached hydrogens (primary N) is 1. The molecule has 1 aliphatic rings. The minimum Gasteiger partial charge on any atom is -0.355 e. The predicted octanol–water partition coefficient (Wildman–Crippen LogP) is 1.64. The number of pyridine rings is 1. The molecule has 0 radical (unpaired) electrons. The molecule has 0 amide bonds. The van der Waals surface area contributed by atoms with Gasteiger partial charge in [0.1, 0.15) is 5.82 Å². The summed E-state index contributed by atoms with van der Waals surface area (Å²) in [6.45, 7) is 1.23. The fraction of sp³-hybridized carbons (Fsp3) is 0.500. The largest absolute Gasteiger partial charge is 0.416 e. The maximum Gasteiger partial charge on any atom is 0.416 e. The first-order valence-electron chi connectivity index (χ1n) is 5.00. The first-order valence-corrected chi connectivity index (χ1v) is 5.00. The van der Waals surface area contributed by atoms with E-state index in [1.165, 1.54) is 6.20 Å². The summed E-state index contributed by atoms with van der Waals surface area (Å²) in [5.74, 6) is 0.350. The van der Waals surface area contributed by atoms with Crippen molar-refractivity contribution in [3.8, 4) is 0 Å². The molecule has 16 heavy (non-hydrogen) atoms. The molecular weight excluding hydrogens is 219 g/mol. The molecule has 0 spiro atoms. The van der Waals surface area contributed by atoms with E-state index in [2.05, 4.69) is 4.98 Å². The second kappa shape index (κ2) is 3.93. The van der Waals surface area contributed by atoms with Crippen LogP contribution in [0.1, 0.15) is 12.0 Å². The van der Waals surface area contributed by atoms with E-state index in [0.29, 0.717) is 18.9 Å². The molecule has 1 saturated heterocycles. The minimum atomic E-state index is -4.32. The van der Waals surface area contributed by atoms with E-state index in [-0.39, 0.29) is 6.04 Å². The van der Waals surface area contributed by atoms with Gasteiger partial charge >= 0.3 is 6.18 Å². The summed E-state index contributed by atoms with van der Waals surface area (Å²) < 4.78 is 37.4. The Morgan fingerprint density at radius 3 is 2.75 bits per heavy atom. The van der Waals surface area contributed by atoms with E-state index in [1.807, 2.05) is 0 Å². The summed E-state index contributed by atoms with van der Waals surface area (Å²) in [4.78, 5) is 5.72. The van der Waals surface area contributed by atoms with Crippen LogP contribution in [0.2, 0.25) is 0 Å². The van der Waals surface area contributed by atoms with Crippen LogP contribution in [-0.2, 0) is 6.18 Å². The van der Waals surface area contributed by atoms with E-state index in [0.717, 1.165) is 18.6 Å². The molecular formula is C10H12F3N3. The quantitative estimate of drug-likeness (QED) is 0.798. The van der Waals surface area contributed by atoms with Crippen molar-refractivity contribution in [3.05, 3.63) is 23.9 Å². The minimum absolute atomic E-state index is 0.0244. The summed E-state index contributed by atoms with van der Waals surface area (Å²) in [7, 11) is 0. The maximum atomic E-state index is 12.5. The third-order valence-electron chi connectivity index (χ3n) is 2.62. The maximum absolute atomic E-state index is 12.5. The van der Waals surface area contributed by atoms with Crippen LogP contribution in [0, 0.1) is 0 Å². The lowest BCUT2D eigenvalue weighted by molar-refractivity contribution is -0.137. The van der Waals surface area contributed by atoms with Crippen molar-refractivity contribution in [2.75, 3.05) is 18.0 Å². The standard InChI is InChI=1S/C10H12F3N3/c11-10(12,13)7-1-3-15-9(5-7)16-4-2-8(14)6-16/h1,3,5,8H,2,4,6,14H2/t8-/m0/s1. The second-order valence-corrected chi connectivity index (χ2v) is 3.90. The van der Waals surface area contributed by atoms with Crippen molar-refractivity contribution in [2.24, 2.45) is 5.73 Å². The van der Waals surface area contributed by atoms with Gasteiger partial charge < -0.3 is 10.6 Å². The van der Waals surface area contributed by atoms with Crippen molar-refractivity contribution >= 4 is 5.82 Å². The molecule has 2 N–H and O–H groups in total. The van der Waals surface area contributed by atoms with Gasteiger partial charge in [0.15, 0.2) is 0 Å². The Labute approximate surface area is 91.1 Å². The molecule has 0 bridgehead atoms. The average molecular weight is 231 g/mol. The number of hydrogen-bond acceptors (Lipinski definition) is 3. The SMILES string of the molecule is N[C@H]1CCN(c2cc(C(F)(F)F)ccn2)C1. The van der Waals surface area contributed by atoms with Gasteiger partial charge in [-0.25, -0.2) is 4.98 Å². The molecule has 0 aromatic carbocycles. The molecule has 1 atom stereocenters. The van der Waals surface area contributed by atoms with Crippen LogP contribution >= 0.6 is 0 Å². The highest BCUT2D eigenvalue weighted by Crippen LogP contribution is 2.31. The Balaban J connectivity index is 2.23. The number of nitrogens with zero attached hydrogens (tertiary/aromatic N) is 2. The summed E-state index contributed by atoms with van der Waals surface area (Å²) in [6.07, 6.45) is -2.35. The lowest BCUT2D eigenvalue weighted by Crippen LogP contribution is -2.27. The number of alkyl halides is 3. The Kier molecular flexibility index (Phi) is 2.75. The Morgan fingerprint density at radius 2 is 2.19 bits per heavy atom. The zero-order valence-corrected chi connectivity index (χ0v) is 8.54. The van der Waals surface area contributed by atoms with Gasteiger partial charge in [0.2, 0.25) is 0 Å². The molecule has 1 aromatic heterocycles. The molecule has 0 saturated carbocycles. The van der Waals surface area contributed by atoms with E-state index < -0.39 is 11.7 Å². The molecule has 1 aliphatic heterocycles. The molecule has 0 unspecified atom stereocenters. The summed E-state index contributed by atoms with van der Waals surface area (Å²) >= 11 is 0. The van der Waals surface area contributed by atoms with Crippen molar-refractivity contribution in [2.45, 2.75) is 18.6 Å². The van der Waals surface area contributed by atoms with Gasteiger partial charge in [-0.05, 0) is 18.6 Å². The highest BCUT2D eigenvalue weighted by Gasteiger charge is 2.31. The van der Waals surface area contributed by atoms with E-state index >= 15 is 0 Å². The molecule has 6 heteroatoms. The van der Waals surface area contributed by atoms with Crippen LogP contribution < -0.4 is 10.6 Å². The number of hydrogen-bond donors (Lipinski definition) is 1. The second-order valence-electron chi connectivity index (χ2n) is 3.90. The molecule has 2 rings (SSSR count). The lowest BCUT2D eigenvalue weighted by Gasteiger charge is -2.17. The van der Waals surface area contributed by atoms with Gasteiger partial charge in [-0.3, -0.25) is 0 Å². The summed E-state index contributed by atoms with van der Waals surface area (Å²) in [5.41, 5.74) is 5.03. The fourth-order valence-corrected chi connectivity index (χ4v) is 1.76. The number of aromatic nitrogens is 1. The normalized spacial score (nSPS) is 21.5. The highest BCUT2D eigenvalue weighted by atomic mass is 19.4. The van der Waals surface area contributed by atoms with Crippen LogP contribution in [0.5, 0.6) is 0 Å². The summed E-state index contributed by atoms with van der Waals surface area (Å²) in [6, 6.07) is 2.06. The van der Waals surface area contributed by atoms with Gasteiger partial charge in [0.25, 0.3) is 0 Å². The van der Waals surface area contributed by atoms with Crippen LogP contribution in [0.3, 0.4) is 0 Å². The Morgan fingerprint density at radius 1 is 1.44 bits per heavy atom. The van der Waals surface area contributed by atoms with Crippen LogP contribution in [0.15, 0.2) is 18.3 Å². The first kappa shape index (κ1) is 11.2. The van der Waals surface area contributed by atoms with Gasteiger partial charge in [-0.2, -0.15) is 13.2 Å². The fourth-order valence-electron chi connectivity index (χ4n) is 1.76. The Bertz CT molecular complexity index is 378. The third-order valence-corrected chi connectivity index (χ3v) is 2.62. The van der Waals surface area contributed by atoms with Gasteiger partial charge in [0, 0.05) is 25.3 Å². The van der Waals surface area contributed by atoms with Gasteiger partial charge in [-0.1, -0.05) is 0 Å². The molecule has 1 fully saturated rings. The molecule has 0 aliphatic carbocycles. The molecule has 1 aromatic rings. The summed E-state index contributed by atoms with van der Waals surface area (Å²) in [5, 5.41) is 0. The zero-order chi connectivity index (χ0) is 11.8. The van der Waals surface area contributed by atoms with Crippen LogP contribution in [0.4, 0.5) is 19.0 Å². The van der Waals surface area contributed by atoms with E-state index in [1.54, 1.807) is 4.90 Å². The first-order chi connectivity index (χ1) is 7.47. The van der Waals surface area contributed by atoms with Crippen molar-refractivity contribution in [1.29, 1.82) is 0 Å². The van der Waals surface area contributed by atoms with Crippen molar-refractivity contribution < 1.29 is 13.2 Å². The number of anilines is 1. The number of halogens is 3. The predicted molar refractivity (Wildman–Crippen MR) is 54.0 cm³/mol. The number of rotatable bonds is 1. The third kappa shape index (κ3) is 2.27. The smallest absolute Gasteiger partial charge is 0.355 e. The van der Waals surface area contributed by atoms with Crippen LogP contribution in [-0.4, -0.2) is 24.1 Å². The Hall–Kier alpha value is -1.30. The van der Waals surface area contributed by atoms with Crippen molar-refractivity contribution in [1.82, 2.24) is 4.98 Å². The molecule has 88 valence electrons. The van der Waals surface area contributed by atoms with Crippen molar-refractivity contribution in [3.63, 3.8) is 0 Å². The zero-order valence-electron chi connectivity index (χ0n) is 8.54. The van der Waals surface area contributed by atoms with E-state index in [4.69, 9.17) is 5.73 Å². The highest BCUT2D eigenvalue weighted by molar-refractivity contribution is 5.43. The molecule has 2 heterocycles.